The van der Waals surface area contributed by atoms with Crippen molar-refractivity contribution in [3.05, 3.63) is 20.9 Å². The van der Waals surface area contributed by atoms with Gasteiger partial charge in [-0.2, -0.15) is 0 Å². The highest BCUT2D eigenvalue weighted by atomic mass is 28.4. The van der Waals surface area contributed by atoms with Crippen molar-refractivity contribution in [3.8, 4) is 0 Å². The van der Waals surface area contributed by atoms with Gasteiger partial charge < -0.3 is 4.43 Å². The van der Waals surface area contributed by atoms with E-state index < -0.39 is 8.32 Å². The van der Waals surface area contributed by atoms with Crippen LogP contribution in [0.4, 0.5) is 0 Å². The number of hydrogen-bond acceptors (Lipinski definition) is 3. The highest BCUT2D eigenvalue weighted by Gasteiger charge is 2.39. The second-order valence-electron chi connectivity index (χ2n) is 6.42. The topological polar surface area (TPSA) is 107 Å². The summed E-state index contributed by atoms with van der Waals surface area (Å²) in [5.41, 5.74) is 17.1. The molecule has 2 atom stereocenters. The Hall–Kier alpha value is -1.20. The second-order valence-corrected chi connectivity index (χ2v) is 11.2. The van der Waals surface area contributed by atoms with Crippen LogP contribution < -0.4 is 0 Å². The van der Waals surface area contributed by atoms with Gasteiger partial charge in [-0.3, -0.25) is 0 Å². The Morgan fingerprint density at radius 2 is 1.80 bits per heavy atom. The summed E-state index contributed by atoms with van der Waals surface area (Å²) in [5.74, 6) is 0. The molecule has 0 amide bonds. The first-order valence-electron chi connectivity index (χ1n) is 6.90. The standard InChI is InChI=1S/C12H26N6OSi/c1-7-10(16-18-14)8-11(9-15-17-13)19-20(5,6)12(2,3)4/h10-11H,7-9H2,1-6H3/t10-,11-/m0/s1. The number of nitrogens with zero attached hydrogens (tertiary/aromatic N) is 6. The molecule has 0 unspecified atom stereocenters. The summed E-state index contributed by atoms with van der Waals surface area (Å²) in [6.45, 7) is 13.0. The molecule has 0 radical (unpaired) electrons. The van der Waals surface area contributed by atoms with Crippen molar-refractivity contribution in [2.45, 2.75) is 70.8 Å². The fraction of sp³-hybridized carbons (Fsp3) is 1.00. The van der Waals surface area contributed by atoms with Crippen LogP contribution in [0.25, 0.3) is 20.9 Å². The van der Waals surface area contributed by atoms with Crippen LogP contribution in [-0.4, -0.2) is 27.0 Å². The summed E-state index contributed by atoms with van der Waals surface area (Å²) >= 11 is 0. The minimum atomic E-state index is -1.94. The van der Waals surface area contributed by atoms with Gasteiger partial charge in [0.25, 0.3) is 0 Å². The lowest BCUT2D eigenvalue weighted by atomic mass is 10.1. The van der Waals surface area contributed by atoms with Crippen LogP contribution in [0.1, 0.15) is 40.5 Å². The summed E-state index contributed by atoms with van der Waals surface area (Å²) in [6.07, 6.45) is 1.14. The molecule has 20 heavy (non-hydrogen) atoms. The van der Waals surface area contributed by atoms with E-state index in [1.165, 1.54) is 0 Å². The van der Waals surface area contributed by atoms with Crippen molar-refractivity contribution in [1.82, 2.24) is 0 Å². The molecule has 0 saturated carbocycles. The van der Waals surface area contributed by atoms with Gasteiger partial charge in [-0.05, 0) is 42.0 Å². The van der Waals surface area contributed by atoms with Gasteiger partial charge in [0.15, 0.2) is 8.32 Å². The van der Waals surface area contributed by atoms with Crippen molar-refractivity contribution < 1.29 is 4.43 Å². The third-order valence-electron chi connectivity index (χ3n) is 3.84. The Morgan fingerprint density at radius 1 is 1.20 bits per heavy atom. The van der Waals surface area contributed by atoms with E-state index in [9.17, 15) is 0 Å². The lowest BCUT2D eigenvalue weighted by Gasteiger charge is -2.39. The smallest absolute Gasteiger partial charge is 0.192 e. The minimum Gasteiger partial charge on any atom is -0.414 e. The molecule has 0 rings (SSSR count). The summed E-state index contributed by atoms with van der Waals surface area (Å²) in [6, 6.07) is -0.122. The number of hydrogen-bond donors (Lipinski definition) is 0. The Bertz CT molecular complexity index is 393. The summed E-state index contributed by atoms with van der Waals surface area (Å²) in [7, 11) is -1.94. The largest absolute Gasteiger partial charge is 0.414 e. The molecule has 0 aliphatic heterocycles. The second kappa shape index (κ2) is 8.17. The van der Waals surface area contributed by atoms with E-state index in [1.54, 1.807) is 0 Å². The first-order valence-corrected chi connectivity index (χ1v) is 9.81. The molecular formula is C12H26N6OSi. The zero-order valence-corrected chi connectivity index (χ0v) is 14.4. The first-order chi connectivity index (χ1) is 9.17. The van der Waals surface area contributed by atoms with Crippen molar-refractivity contribution in [1.29, 1.82) is 0 Å². The average Bonchev–Trinajstić information content (AvgIpc) is 2.33. The molecule has 7 nitrogen and oxygen atoms in total. The van der Waals surface area contributed by atoms with Gasteiger partial charge >= 0.3 is 0 Å². The third kappa shape index (κ3) is 6.30. The van der Waals surface area contributed by atoms with Gasteiger partial charge in [0.05, 0.1) is 12.6 Å². The van der Waals surface area contributed by atoms with E-state index in [2.05, 4.69) is 53.9 Å². The molecule has 8 heteroatoms. The fourth-order valence-corrected chi connectivity index (χ4v) is 2.91. The molecule has 114 valence electrons. The zero-order valence-electron chi connectivity index (χ0n) is 13.4. The van der Waals surface area contributed by atoms with Crippen LogP contribution in [0, 0.1) is 0 Å². The molecule has 0 aromatic carbocycles. The van der Waals surface area contributed by atoms with Gasteiger partial charge in [0.1, 0.15) is 0 Å². The van der Waals surface area contributed by atoms with Gasteiger partial charge in [-0.1, -0.05) is 37.9 Å². The molecule has 0 aliphatic carbocycles. The molecule has 0 N–H and O–H groups in total. The van der Waals surface area contributed by atoms with Gasteiger partial charge in [0.2, 0.25) is 0 Å². The molecule has 0 spiro atoms. The Kier molecular flexibility index (Phi) is 7.67. The van der Waals surface area contributed by atoms with Crippen LogP contribution in [0.2, 0.25) is 18.1 Å². The molecule has 0 fully saturated rings. The van der Waals surface area contributed by atoms with E-state index in [0.717, 1.165) is 6.42 Å². The highest BCUT2D eigenvalue weighted by Crippen LogP contribution is 2.37. The Labute approximate surface area is 122 Å². The molecule has 0 heterocycles. The van der Waals surface area contributed by atoms with Crippen LogP contribution in [0.3, 0.4) is 0 Å². The monoisotopic (exact) mass is 298 g/mol. The van der Waals surface area contributed by atoms with Crippen LogP contribution in [0.5, 0.6) is 0 Å². The lowest BCUT2D eigenvalue weighted by Crippen LogP contribution is -2.45. The summed E-state index contributed by atoms with van der Waals surface area (Å²) < 4.78 is 6.27. The van der Waals surface area contributed by atoms with Crippen LogP contribution in [-0.2, 0) is 4.43 Å². The van der Waals surface area contributed by atoms with E-state index in [0.29, 0.717) is 6.42 Å². The lowest BCUT2D eigenvalue weighted by molar-refractivity contribution is 0.168. The van der Waals surface area contributed by atoms with E-state index in [1.807, 2.05) is 6.92 Å². The van der Waals surface area contributed by atoms with Gasteiger partial charge in [-0.25, -0.2) is 0 Å². The molecule has 0 aliphatic rings. The Balaban J connectivity index is 4.97. The maximum atomic E-state index is 8.56. The first kappa shape index (κ1) is 18.8. The predicted octanol–water partition coefficient (Wildman–Crippen LogP) is 5.17. The molecule has 0 aromatic heterocycles. The third-order valence-corrected chi connectivity index (χ3v) is 8.37. The summed E-state index contributed by atoms with van der Waals surface area (Å²) in [4.78, 5) is 5.67. The molecular weight excluding hydrogens is 272 g/mol. The highest BCUT2D eigenvalue weighted by molar-refractivity contribution is 6.74. The van der Waals surface area contributed by atoms with E-state index in [4.69, 9.17) is 15.5 Å². The maximum Gasteiger partial charge on any atom is 0.192 e. The minimum absolute atomic E-state index is 0.0851. The van der Waals surface area contributed by atoms with E-state index in [-0.39, 0.29) is 23.7 Å². The quantitative estimate of drug-likeness (QED) is 0.262. The molecule has 0 bridgehead atoms. The van der Waals surface area contributed by atoms with Crippen molar-refractivity contribution in [3.63, 3.8) is 0 Å². The van der Waals surface area contributed by atoms with Crippen molar-refractivity contribution >= 4 is 8.32 Å². The zero-order chi connectivity index (χ0) is 15.8. The fourth-order valence-electron chi connectivity index (χ4n) is 1.55. The molecule has 0 aromatic rings. The number of rotatable bonds is 8. The average molecular weight is 298 g/mol. The predicted molar refractivity (Wildman–Crippen MR) is 83.9 cm³/mol. The van der Waals surface area contributed by atoms with Crippen LogP contribution in [0.15, 0.2) is 10.2 Å². The normalized spacial score (nSPS) is 14.9. The Morgan fingerprint density at radius 3 is 2.20 bits per heavy atom. The maximum absolute atomic E-state index is 8.56. The van der Waals surface area contributed by atoms with Crippen molar-refractivity contribution in [2.75, 3.05) is 6.54 Å². The summed E-state index contributed by atoms with van der Waals surface area (Å²) in [5, 5.41) is 7.48. The van der Waals surface area contributed by atoms with E-state index >= 15 is 0 Å². The SMILES string of the molecule is CC[C@@H](C[C@@H](CN=[N+]=[N-])O[Si](C)(C)C(C)(C)C)N=[N+]=[N-]. The van der Waals surface area contributed by atoms with Gasteiger partial charge in [0, 0.05) is 15.9 Å². The van der Waals surface area contributed by atoms with Crippen molar-refractivity contribution in [2.24, 2.45) is 10.2 Å². The van der Waals surface area contributed by atoms with Crippen LogP contribution >= 0.6 is 0 Å². The number of azide groups is 2. The molecule has 0 saturated heterocycles. The van der Waals surface area contributed by atoms with Gasteiger partial charge in [-0.15, -0.1) is 0 Å².